The summed E-state index contributed by atoms with van der Waals surface area (Å²) in [5.74, 6) is 0.563. The Hall–Kier alpha value is -1.39. The second-order valence-corrected chi connectivity index (χ2v) is 6.53. The number of ether oxygens (including phenoxy) is 1. The molecule has 4 rings (SSSR count). The zero-order chi connectivity index (χ0) is 15.4. The van der Waals surface area contributed by atoms with E-state index in [1.807, 2.05) is 30.1 Å². The third-order valence-electron chi connectivity index (χ3n) is 4.92. The summed E-state index contributed by atoms with van der Waals surface area (Å²) in [5, 5.41) is 0. The van der Waals surface area contributed by atoms with Gasteiger partial charge < -0.3 is 14.5 Å². The molecule has 4 heteroatoms. The second kappa shape index (κ2) is 7.25. The van der Waals surface area contributed by atoms with Crippen molar-refractivity contribution in [3.8, 4) is 0 Å². The first-order valence-electron chi connectivity index (χ1n) is 8.35. The number of hydrogen-bond acceptors (Lipinski definition) is 3. The van der Waals surface area contributed by atoms with Gasteiger partial charge >= 0.3 is 0 Å². The van der Waals surface area contributed by atoms with Gasteiger partial charge in [0, 0.05) is 39.3 Å². The molecule has 22 heavy (non-hydrogen) atoms. The van der Waals surface area contributed by atoms with Gasteiger partial charge in [-0.2, -0.15) is 0 Å². The molecule has 0 aromatic heterocycles. The first-order valence-corrected chi connectivity index (χ1v) is 8.35. The molecule has 3 heterocycles. The highest BCUT2D eigenvalue weighted by molar-refractivity contribution is 5.80. The normalized spacial score (nSPS) is 25.5. The van der Waals surface area contributed by atoms with Crippen molar-refractivity contribution in [3.05, 3.63) is 35.9 Å². The van der Waals surface area contributed by atoms with Crippen LogP contribution >= 0.6 is 0 Å². The van der Waals surface area contributed by atoms with E-state index in [0.29, 0.717) is 18.6 Å². The lowest BCUT2D eigenvalue weighted by Gasteiger charge is -2.32. The van der Waals surface area contributed by atoms with Crippen LogP contribution in [0.2, 0.25) is 0 Å². The van der Waals surface area contributed by atoms with Crippen LogP contribution in [-0.4, -0.2) is 55.0 Å². The molecular weight excluding hydrogens is 276 g/mol. The van der Waals surface area contributed by atoms with E-state index in [4.69, 9.17) is 4.74 Å². The molecule has 1 amide bonds. The summed E-state index contributed by atoms with van der Waals surface area (Å²) in [6.07, 6.45) is 3.26. The van der Waals surface area contributed by atoms with Gasteiger partial charge in [0.1, 0.15) is 0 Å². The van der Waals surface area contributed by atoms with Crippen molar-refractivity contribution < 1.29 is 9.53 Å². The topological polar surface area (TPSA) is 32.8 Å². The first kappa shape index (κ1) is 15.5. The Morgan fingerprint density at radius 2 is 2.00 bits per heavy atom. The second-order valence-electron chi connectivity index (χ2n) is 6.53. The lowest BCUT2D eigenvalue weighted by molar-refractivity contribution is -0.138. The molecule has 4 nitrogen and oxygen atoms in total. The highest BCUT2D eigenvalue weighted by atomic mass is 16.5. The summed E-state index contributed by atoms with van der Waals surface area (Å²) in [6, 6.07) is 10.7. The standard InChI is InChI=1S/C18H26N2O2/c1-19-17-9-8-16(18(19)21)12-20(13-17)10-5-11-22-14-15-6-3-2-4-7-15/h2-4,6-7,16-17H,5,8-14H2,1H3/t16-,17+/m0/s1. The summed E-state index contributed by atoms with van der Waals surface area (Å²) < 4.78 is 5.75. The van der Waals surface area contributed by atoms with Gasteiger partial charge in [0.05, 0.1) is 12.5 Å². The van der Waals surface area contributed by atoms with Crippen LogP contribution in [0.3, 0.4) is 0 Å². The maximum atomic E-state index is 12.2. The number of piperidine rings is 1. The molecule has 0 radical (unpaired) electrons. The molecular formula is C18H26N2O2. The number of nitrogens with zero attached hydrogens (tertiary/aromatic N) is 2. The number of amides is 1. The van der Waals surface area contributed by atoms with Crippen LogP contribution in [-0.2, 0) is 16.1 Å². The van der Waals surface area contributed by atoms with Crippen molar-refractivity contribution in [3.63, 3.8) is 0 Å². The molecule has 3 fully saturated rings. The summed E-state index contributed by atoms with van der Waals surface area (Å²) in [7, 11) is 1.96. The van der Waals surface area contributed by atoms with E-state index in [0.717, 1.165) is 45.5 Å². The molecule has 0 spiro atoms. The minimum absolute atomic E-state index is 0.217. The first-order chi connectivity index (χ1) is 10.7. The summed E-state index contributed by atoms with van der Waals surface area (Å²) in [4.78, 5) is 16.6. The van der Waals surface area contributed by atoms with E-state index in [2.05, 4.69) is 17.0 Å². The number of benzene rings is 1. The molecule has 120 valence electrons. The van der Waals surface area contributed by atoms with Crippen molar-refractivity contribution in [2.24, 2.45) is 5.92 Å². The summed E-state index contributed by atoms with van der Waals surface area (Å²) in [6.45, 7) is 4.45. The van der Waals surface area contributed by atoms with Crippen molar-refractivity contribution in [1.82, 2.24) is 9.80 Å². The molecule has 3 aliphatic heterocycles. The zero-order valence-electron chi connectivity index (χ0n) is 13.4. The number of likely N-dealkylation sites (N-methyl/N-ethyl adjacent to an activating group) is 1. The van der Waals surface area contributed by atoms with Crippen LogP contribution in [0.25, 0.3) is 0 Å². The maximum Gasteiger partial charge on any atom is 0.227 e. The quantitative estimate of drug-likeness (QED) is 0.755. The van der Waals surface area contributed by atoms with E-state index in [9.17, 15) is 4.79 Å². The maximum absolute atomic E-state index is 12.2. The largest absolute Gasteiger partial charge is 0.377 e. The molecule has 2 atom stereocenters. The molecule has 1 aromatic carbocycles. The molecule has 0 N–H and O–H groups in total. The molecule has 3 aliphatic rings. The third-order valence-corrected chi connectivity index (χ3v) is 4.92. The Bertz CT molecular complexity index is 491. The van der Waals surface area contributed by atoms with Gasteiger partial charge in [-0.15, -0.1) is 0 Å². The monoisotopic (exact) mass is 302 g/mol. The average Bonchev–Trinajstić information content (AvgIpc) is 2.81. The van der Waals surface area contributed by atoms with Crippen LogP contribution in [0.15, 0.2) is 30.3 Å². The van der Waals surface area contributed by atoms with E-state index >= 15 is 0 Å². The predicted octanol–water partition coefficient (Wildman–Crippen LogP) is 2.15. The number of carbonyl (C=O) groups excluding carboxylic acids is 1. The Balaban J connectivity index is 1.38. The Morgan fingerprint density at radius 1 is 1.18 bits per heavy atom. The fourth-order valence-corrected chi connectivity index (χ4v) is 3.58. The highest BCUT2D eigenvalue weighted by Crippen LogP contribution is 2.27. The molecule has 0 saturated carbocycles. The number of rotatable bonds is 6. The van der Waals surface area contributed by atoms with E-state index in [1.165, 1.54) is 5.56 Å². The van der Waals surface area contributed by atoms with Gasteiger partial charge in [0.2, 0.25) is 5.91 Å². The van der Waals surface area contributed by atoms with Crippen LogP contribution in [0, 0.1) is 5.92 Å². The third kappa shape index (κ3) is 3.68. The zero-order valence-corrected chi connectivity index (χ0v) is 13.4. The highest BCUT2D eigenvalue weighted by Gasteiger charge is 2.38. The molecule has 0 aliphatic carbocycles. The van der Waals surface area contributed by atoms with Crippen LogP contribution in [0.5, 0.6) is 0 Å². The van der Waals surface area contributed by atoms with Gasteiger partial charge in [-0.1, -0.05) is 30.3 Å². The van der Waals surface area contributed by atoms with E-state index < -0.39 is 0 Å². The van der Waals surface area contributed by atoms with Gasteiger partial charge in [0.25, 0.3) is 0 Å². The van der Waals surface area contributed by atoms with Crippen molar-refractivity contribution in [1.29, 1.82) is 0 Å². The lowest BCUT2D eigenvalue weighted by atomic mass is 9.95. The van der Waals surface area contributed by atoms with Crippen LogP contribution in [0.1, 0.15) is 24.8 Å². The van der Waals surface area contributed by atoms with Crippen molar-refractivity contribution >= 4 is 5.91 Å². The summed E-state index contributed by atoms with van der Waals surface area (Å²) in [5.41, 5.74) is 1.22. The SMILES string of the molecule is CN1C(=O)[C@H]2CC[C@@H]1CN(CCCOCc1ccccc1)C2. The molecule has 1 aromatic rings. The smallest absolute Gasteiger partial charge is 0.227 e. The lowest BCUT2D eigenvalue weighted by Crippen LogP contribution is -2.45. The fraction of sp³-hybridized carbons (Fsp3) is 0.611. The van der Waals surface area contributed by atoms with Gasteiger partial charge in [-0.25, -0.2) is 0 Å². The molecule has 2 bridgehead atoms. The average molecular weight is 302 g/mol. The minimum Gasteiger partial charge on any atom is -0.377 e. The van der Waals surface area contributed by atoms with Crippen molar-refractivity contribution in [2.45, 2.75) is 31.9 Å². The summed E-state index contributed by atoms with van der Waals surface area (Å²) >= 11 is 0. The van der Waals surface area contributed by atoms with Crippen molar-refractivity contribution in [2.75, 3.05) is 33.3 Å². The van der Waals surface area contributed by atoms with Gasteiger partial charge in [-0.05, 0) is 24.8 Å². The Morgan fingerprint density at radius 3 is 2.82 bits per heavy atom. The molecule has 0 unspecified atom stereocenters. The molecule has 3 saturated heterocycles. The van der Waals surface area contributed by atoms with E-state index in [1.54, 1.807) is 0 Å². The van der Waals surface area contributed by atoms with Gasteiger partial charge in [0.15, 0.2) is 0 Å². The van der Waals surface area contributed by atoms with Crippen LogP contribution in [0.4, 0.5) is 0 Å². The predicted molar refractivity (Wildman–Crippen MR) is 86.4 cm³/mol. The minimum atomic E-state index is 0.217. The fourth-order valence-electron chi connectivity index (χ4n) is 3.58. The number of carbonyl (C=O) groups is 1. The van der Waals surface area contributed by atoms with E-state index in [-0.39, 0.29) is 5.92 Å². The Kier molecular flexibility index (Phi) is 5.11. The van der Waals surface area contributed by atoms with Crippen LogP contribution < -0.4 is 0 Å². The number of fused-ring (bicyclic) bond motifs is 4. The number of hydrogen-bond donors (Lipinski definition) is 0. The van der Waals surface area contributed by atoms with Gasteiger partial charge in [-0.3, -0.25) is 4.79 Å². The Labute approximate surface area is 133 Å².